The molecule has 1 aliphatic carbocycles. The van der Waals surface area contributed by atoms with Crippen molar-refractivity contribution in [3.8, 4) is 17.2 Å². The quantitative estimate of drug-likeness (QED) is 0.632. The first-order valence-electron chi connectivity index (χ1n) is 10.5. The van der Waals surface area contributed by atoms with Crippen molar-refractivity contribution >= 4 is 23.2 Å². The van der Waals surface area contributed by atoms with Crippen molar-refractivity contribution in [3.05, 3.63) is 39.1 Å². The van der Waals surface area contributed by atoms with Crippen LogP contribution in [-0.2, 0) is 24.1 Å². The molecular formula is C23H30N2O5S. The van der Waals surface area contributed by atoms with Gasteiger partial charge in [-0.15, -0.1) is 11.3 Å². The summed E-state index contributed by atoms with van der Waals surface area (Å²) in [6, 6.07) is 5.60. The molecule has 7 nitrogen and oxygen atoms in total. The zero-order valence-electron chi connectivity index (χ0n) is 18.3. The summed E-state index contributed by atoms with van der Waals surface area (Å²) < 4.78 is 16.0. The van der Waals surface area contributed by atoms with Crippen molar-refractivity contribution in [2.75, 3.05) is 21.3 Å². The van der Waals surface area contributed by atoms with Crippen molar-refractivity contribution in [1.82, 2.24) is 10.9 Å². The number of nitrogens with one attached hydrogen (secondary N) is 2. The Morgan fingerprint density at radius 1 is 0.903 bits per heavy atom. The molecule has 3 rings (SSSR count). The van der Waals surface area contributed by atoms with Crippen LogP contribution < -0.4 is 25.1 Å². The van der Waals surface area contributed by atoms with Gasteiger partial charge in [-0.25, -0.2) is 0 Å². The average molecular weight is 447 g/mol. The van der Waals surface area contributed by atoms with E-state index in [2.05, 4.69) is 10.9 Å². The Hall–Kier alpha value is -2.74. The highest BCUT2D eigenvalue weighted by molar-refractivity contribution is 7.14. The van der Waals surface area contributed by atoms with Crippen molar-refractivity contribution in [3.63, 3.8) is 0 Å². The first-order valence-corrected chi connectivity index (χ1v) is 11.4. The van der Waals surface area contributed by atoms with Crippen LogP contribution in [0.2, 0.25) is 0 Å². The summed E-state index contributed by atoms with van der Waals surface area (Å²) in [4.78, 5) is 26.7. The number of hydrogen-bond donors (Lipinski definition) is 2. The van der Waals surface area contributed by atoms with Crippen LogP contribution in [-0.4, -0.2) is 33.1 Å². The van der Waals surface area contributed by atoms with Gasteiger partial charge in [0.15, 0.2) is 11.5 Å². The van der Waals surface area contributed by atoms with E-state index >= 15 is 0 Å². The SMILES string of the molecule is COc1cc(CCC(=O)NNC(=O)c2cc3c(s2)CCCCCC3)cc(OC)c1OC. The third-order valence-electron chi connectivity index (χ3n) is 5.40. The fourth-order valence-corrected chi connectivity index (χ4v) is 4.89. The van der Waals surface area contributed by atoms with Crippen molar-refractivity contribution in [2.24, 2.45) is 0 Å². The summed E-state index contributed by atoms with van der Waals surface area (Å²) in [6.45, 7) is 0. The summed E-state index contributed by atoms with van der Waals surface area (Å²) in [7, 11) is 4.65. The number of hydrogen-bond acceptors (Lipinski definition) is 6. The molecule has 1 heterocycles. The van der Waals surface area contributed by atoms with Crippen LogP contribution in [0.1, 0.15) is 57.8 Å². The van der Waals surface area contributed by atoms with Crippen molar-refractivity contribution < 1.29 is 23.8 Å². The summed E-state index contributed by atoms with van der Waals surface area (Å²) in [5, 5.41) is 0. The van der Waals surface area contributed by atoms with Crippen LogP contribution in [0, 0.1) is 0 Å². The molecular weight excluding hydrogens is 416 g/mol. The third kappa shape index (κ3) is 5.91. The zero-order valence-corrected chi connectivity index (χ0v) is 19.2. The Morgan fingerprint density at radius 2 is 1.58 bits per heavy atom. The highest BCUT2D eigenvalue weighted by Crippen LogP contribution is 2.38. The molecule has 8 heteroatoms. The number of benzene rings is 1. The van der Waals surface area contributed by atoms with Crippen LogP contribution in [0.4, 0.5) is 0 Å². The van der Waals surface area contributed by atoms with E-state index in [1.54, 1.807) is 21.3 Å². The second-order valence-corrected chi connectivity index (χ2v) is 8.65. The van der Waals surface area contributed by atoms with E-state index in [9.17, 15) is 9.59 Å². The van der Waals surface area contributed by atoms with E-state index in [1.807, 2.05) is 18.2 Å². The molecule has 31 heavy (non-hydrogen) atoms. The summed E-state index contributed by atoms with van der Waals surface area (Å²) >= 11 is 1.54. The lowest BCUT2D eigenvalue weighted by molar-refractivity contribution is -0.121. The van der Waals surface area contributed by atoms with Gasteiger partial charge in [-0.1, -0.05) is 12.8 Å². The van der Waals surface area contributed by atoms with Crippen LogP contribution in [0.25, 0.3) is 0 Å². The third-order valence-corrected chi connectivity index (χ3v) is 6.64. The number of amides is 2. The maximum atomic E-state index is 12.5. The van der Waals surface area contributed by atoms with Gasteiger partial charge in [-0.2, -0.15) is 0 Å². The lowest BCUT2D eigenvalue weighted by atomic mass is 10.00. The van der Waals surface area contributed by atoms with Gasteiger partial charge in [0, 0.05) is 11.3 Å². The fraction of sp³-hybridized carbons (Fsp3) is 0.478. The van der Waals surface area contributed by atoms with Crippen molar-refractivity contribution in [2.45, 2.75) is 51.4 Å². The maximum Gasteiger partial charge on any atom is 0.279 e. The summed E-state index contributed by atoms with van der Waals surface area (Å²) in [5.74, 6) is 1.06. The predicted octanol–water partition coefficient (Wildman–Crippen LogP) is 3.83. The second-order valence-electron chi connectivity index (χ2n) is 7.51. The molecule has 0 fully saturated rings. The molecule has 168 valence electrons. The Bertz CT molecular complexity index is 874. The fourth-order valence-electron chi connectivity index (χ4n) is 3.74. The highest BCUT2D eigenvalue weighted by Gasteiger charge is 2.17. The van der Waals surface area contributed by atoms with Gasteiger partial charge in [0.25, 0.3) is 5.91 Å². The average Bonchev–Trinajstić information content (AvgIpc) is 3.16. The maximum absolute atomic E-state index is 12.5. The number of thiophene rings is 1. The van der Waals surface area contributed by atoms with Gasteiger partial charge in [0.2, 0.25) is 11.7 Å². The monoisotopic (exact) mass is 446 g/mol. The summed E-state index contributed by atoms with van der Waals surface area (Å²) in [6.07, 6.45) is 7.58. The Morgan fingerprint density at radius 3 is 2.23 bits per heavy atom. The number of hydrazine groups is 1. The van der Waals surface area contributed by atoms with Gasteiger partial charge in [0.05, 0.1) is 26.2 Å². The first kappa shape index (κ1) is 22.9. The lowest BCUT2D eigenvalue weighted by Crippen LogP contribution is -2.41. The van der Waals surface area contributed by atoms with Crippen molar-refractivity contribution in [1.29, 1.82) is 0 Å². The molecule has 2 amide bonds. The van der Waals surface area contributed by atoms with E-state index in [-0.39, 0.29) is 18.2 Å². The molecule has 0 unspecified atom stereocenters. The minimum atomic E-state index is -0.267. The molecule has 0 saturated heterocycles. The van der Waals surface area contributed by atoms with Gasteiger partial charge in [0.1, 0.15) is 0 Å². The molecule has 0 bridgehead atoms. The zero-order chi connectivity index (χ0) is 22.2. The molecule has 0 radical (unpaired) electrons. The minimum absolute atomic E-state index is 0.208. The molecule has 1 aromatic heterocycles. The second kappa shape index (κ2) is 11.0. The smallest absolute Gasteiger partial charge is 0.279 e. The Kier molecular flexibility index (Phi) is 8.17. The van der Waals surface area contributed by atoms with Gasteiger partial charge in [-0.3, -0.25) is 20.4 Å². The van der Waals surface area contributed by atoms with E-state index in [0.717, 1.165) is 18.4 Å². The molecule has 0 atom stereocenters. The molecule has 1 aromatic carbocycles. The number of methoxy groups -OCH3 is 3. The van der Waals surface area contributed by atoms with Crippen LogP contribution in [0.3, 0.4) is 0 Å². The van der Waals surface area contributed by atoms with Gasteiger partial charge >= 0.3 is 0 Å². The Labute approximate surface area is 187 Å². The van der Waals surface area contributed by atoms with Gasteiger partial charge in [-0.05, 0) is 61.4 Å². The molecule has 0 saturated carbocycles. The normalized spacial score (nSPS) is 13.4. The number of ether oxygens (including phenoxy) is 3. The number of carbonyl (C=O) groups is 2. The predicted molar refractivity (Wildman–Crippen MR) is 120 cm³/mol. The van der Waals surface area contributed by atoms with Crippen LogP contribution in [0.5, 0.6) is 17.2 Å². The number of aryl methyl sites for hydroxylation is 3. The molecule has 0 aliphatic heterocycles. The molecule has 0 spiro atoms. The van der Waals surface area contributed by atoms with E-state index < -0.39 is 0 Å². The molecule has 1 aliphatic rings. The number of carbonyl (C=O) groups excluding carboxylic acids is 2. The van der Waals surface area contributed by atoms with Gasteiger partial charge < -0.3 is 14.2 Å². The lowest BCUT2D eigenvalue weighted by Gasteiger charge is -2.14. The number of fused-ring (bicyclic) bond motifs is 1. The van der Waals surface area contributed by atoms with E-state index in [0.29, 0.717) is 28.5 Å². The largest absolute Gasteiger partial charge is 0.493 e. The van der Waals surface area contributed by atoms with Crippen LogP contribution in [0.15, 0.2) is 18.2 Å². The molecule has 2 aromatic rings. The number of rotatable bonds is 7. The Balaban J connectivity index is 1.53. The summed E-state index contributed by atoms with van der Waals surface area (Å²) in [5.41, 5.74) is 7.21. The van der Waals surface area contributed by atoms with E-state index in [4.69, 9.17) is 14.2 Å². The van der Waals surface area contributed by atoms with E-state index in [1.165, 1.54) is 47.5 Å². The van der Waals surface area contributed by atoms with Crippen LogP contribution >= 0.6 is 11.3 Å². The minimum Gasteiger partial charge on any atom is -0.493 e. The molecule has 2 N–H and O–H groups in total. The highest BCUT2D eigenvalue weighted by atomic mass is 32.1. The topological polar surface area (TPSA) is 85.9 Å². The standard InChI is InChI=1S/C23H30N2O5S/c1-28-17-12-15(13-18(29-2)22(17)30-3)10-11-21(26)24-25-23(27)20-14-16-8-6-4-5-7-9-19(16)31-20/h12-14H,4-11H2,1-3H3,(H,24,26)(H,25,27). The first-order chi connectivity index (χ1) is 15.0.